The van der Waals surface area contributed by atoms with Crippen LogP contribution in [0, 0.1) is 11.6 Å². The molecule has 1 atom stereocenters. The van der Waals surface area contributed by atoms with Crippen molar-refractivity contribution in [1.82, 2.24) is 5.32 Å². The van der Waals surface area contributed by atoms with Crippen molar-refractivity contribution in [3.05, 3.63) is 82.9 Å². The third-order valence-corrected chi connectivity index (χ3v) is 6.19. The van der Waals surface area contributed by atoms with Crippen LogP contribution in [-0.2, 0) is 16.4 Å². The standard InChI is InChI=1S/C28H28F5NO4/c1-16(18-10-21(29)15-22(11-18)37-4)34-7-8-38-23-12-19(9-20(14-23)28(31,32)33)17-5-6-25(30)24(13-17)27(2,3)26(35)36/h5-6,9-16,34H,7-8H2,1-4H3,(H,35,36)/t16-/m1/s1. The van der Waals surface area contributed by atoms with E-state index in [-0.39, 0.29) is 41.6 Å². The summed E-state index contributed by atoms with van der Waals surface area (Å²) in [6.07, 6.45) is -4.68. The summed E-state index contributed by atoms with van der Waals surface area (Å²) in [6, 6.07) is 10.7. The Morgan fingerprint density at radius 3 is 2.32 bits per heavy atom. The molecule has 2 N–H and O–H groups in total. The zero-order valence-corrected chi connectivity index (χ0v) is 21.2. The van der Waals surface area contributed by atoms with Crippen molar-refractivity contribution in [2.24, 2.45) is 0 Å². The number of aliphatic carboxylic acids is 1. The molecule has 0 saturated carbocycles. The topological polar surface area (TPSA) is 67.8 Å². The van der Waals surface area contributed by atoms with Crippen molar-refractivity contribution in [3.63, 3.8) is 0 Å². The number of hydrogen-bond donors (Lipinski definition) is 2. The first-order chi connectivity index (χ1) is 17.7. The quantitative estimate of drug-likeness (QED) is 0.221. The zero-order valence-electron chi connectivity index (χ0n) is 21.2. The van der Waals surface area contributed by atoms with E-state index in [9.17, 15) is 31.9 Å². The molecule has 0 fully saturated rings. The van der Waals surface area contributed by atoms with Crippen molar-refractivity contribution in [2.45, 2.75) is 38.4 Å². The molecular weight excluding hydrogens is 509 g/mol. The number of ether oxygens (including phenoxy) is 2. The van der Waals surface area contributed by atoms with Gasteiger partial charge >= 0.3 is 12.1 Å². The fourth-order valence-corrected chi connectivity index (χ4v) is 3.83. The number of rotatable bonds is 10. The number of carboxylic acid groups (broad SMARTS) is 1. The predicted octanol–water partition coefficient (Wildman–Crippen LogP) is 6.75. The number of benzene rings is 3. The first kappa shape index (κ1) is 28.9. The third kappa shape index (κ3) is 6.80. The summed E-state index contributed by atoms with van der Waals surface area (Å²) >= 11 is 0. The van der Waals surface area contributed by atoms with Gasteiger partial charge in [-0.1, -0.05) is 6.07 Å². The molecule has 0 saturated heterocycles. The van der Waals surface area contributed by atoms with Gasteiger partial charge in [-0.05, 0) is 79.9 Å². The van der Waals surface area contributed by atoms with Crippen LogP contribution in [-0.4, -0.2) is 31.3 Å². The van der Waals surface area contributed by atoms with Gasteiger partial charge in [0.1, 0.15) is 29.7 Å². The van der Waals surface area contributed by atoms with E-state index in [0.29, 0.717) is 11.3 Å². The molecule has 0 aromatic heterocycles. The third-order valence-electron chi connectivity index (χ3n) is 6.19. The summed E-state index contributed by atoms with van der Waals surface area (Å²) < 4.78 is 79.8. The number of halogens is 5. The fraction of sp³-hybridized carbons (Fsp3) is 0.321. The Kier molecular flexibility index (Phi) is 8.66. The van der Waals surface area contributed by atoms with Crippen molar-refractivity contribution >= 4 is 5.97 Å². The molecule has 204 valence electrons. The highest BCUT2D eigenvalue weighted by molar-refractivity contribution is 5.81. The average molecular weight is 538 g/mol. The van der Waals surface area contributed by atoms with Crippen LogP contribution in [0.25, 0.3) is 11.1 Å². The molecule has 0 spiro atoms. The smallest absolute Gasteiger partial charge is 0.416 e. The summed E-state index contributed by atoms with van der Waals surface area (Å²) in [4.78, 5) is 11.6. The molecule has 0 amide bonds. The second-order valence-corrected chi connectivity index (χ2v) is 9.32. The molecule has 0 bridgehead atoms. The Morgan fingerprint density at radius 1 is 0.974 bits per heavy atom. The summed E-state index contributed by atoms with van der Waals surface area (Å²) in [7, 11) is 1.42. The van der Waals surface area contributed by atoms with E-state index in [1.165, 1.54) is 51.3 Å². The Balaban J connectivity index is 1.81. The van der Waals surface area contributed by atoms with E-state index in [0.717, 1.165) is 18.2 Å². The van der Waals surface area contributed by atoms with Gasteiger partial charge in [0, 0.05) is 24.2 Å². The van der Waals surface area contributed by atoms with Gasteiger partial charge in [0.25, 0.3) is 0 Å². The molecule has 0 radical (unpaired) electrons. The van der Waals surface area contributed by atoms with Crippen LogP contribution in [0.1, 0.15) is 43.5 Å². The van der Waals surface area contributed by atoms with E-state index >= 15 is 0 Å². The Labute approximate surface area is 217 Å². The minimum atomic E-state index is -4.68. The lowest BCUT2D eigenvalue weighted by Gasteiger charge is -2.21. The van der Waals surface area contributed by atoms with E-state index in [2.05, 4.69) is 5.32 Å². The minimum Gasteiger partial charge on any atom is -0.497 e. The largest absolute Gasteiger partial charge is 0.497 e. The van der Waals surface area contributed by atoms with Crippen LogP contribution in [0.2, 0.25) is 0 Å². The first-order valence-corrected chi connectivity index (χ1v) is 11.7. The van der Waals surface area contributed by atoms with E-state index in [1.54, 1.807) is 13.0 Å². The molecule has 0 heterocycles. The summed E-state index contributed by atoms with van der Waals surface area (Å²) in [5.41, 5.74) is -1.81. The SMILES string of the molecule is COc1cc(F)cc([C@@H](C)NCCOc2cc(-c3ccc(F)c(C(C)(C)C(=O)O)c3)cc(C(F)(F)F)c2)c1. The normalized spacial score (nSPS) is 12.8. The van der Waals surface area contributed by atoms with Gasteiger partial charge in [-0.3, -0.25) is 4.79 Å². The molecule has 0 aliphatic carbocycles. The average Bonchev–Trinajstić information content (AvgIpc) is 2.85. The van der Waals surface area contributed by atoms with Gasteiger partial charge in [0.2, 0.25) is 0 Å². The van der Waals surface area contributed by atoms with Crippen molar-refractivity contribution in [1.29, 1.82) is 0 Å². The number of nitrogens with one attached hydrogen (secondary N) is 1. The van der Waals surface area contributed by atoms with Crippen LogP contribution in [0.4, 0.5) is 22.0 Å². The van der Waals surface area contributed by atoms with Crippen LogP contribution >= 0.6 is 0 Å². The highest BCUT2D eigenvalue weighted by atomic mass is 19.4. The molecule has 38 heavy (non-hydrogen) atoms. The van der Waals surface area contributed by atoms with Gasteiger partial charge in [0.05, 0.1) is 18.1 Å². The molecule has 0 aliphatic rings. The number of hydrogen-bond acceptors (Lipinski definition) is 4. The highest BCUT2D eigenvalue weighted by Gasteiger charge is 2.34. The monoisotopic (exact) mass is 537 g/mol. The van der Waals surface area contributed by atoms with E-state index < -0.39 is 34.8 Å². The van der Waals surface area contributed by atoms with Crippen LogP contribution in [0.3, 0.4) is 0 Å². The first-order valence-electron chi connectivity index (χ1n) is 11.7. The minimum absolute atomic E-state index is 0.00173. The van der Waals surface area contributed by atoms with Crippen molar-refractivity contribution in [3.8, 4) is 22.6 Å². The van der Waals surface area contributed by atoms with E-state index in [1.807, 2.05) is 0 Å². The van der Waals surface area contributed by atoms with Gasteiger partial charge in [-0.15, -0.1) is 0 Å². The van der Waals surface area contributed by atoms with Crippen LogP contribution < -0.4 is 14.8 Å². The Bertz CT molecular complexity index is 1310. The molecule has 0 unspecified atom stereocenters. The van der Waals surface area contributed by atoms with Gasteiger partial charge < -0.3 is 19.9 Å². The summed E-state index contributed by atoms with van der Waals surface area (Å²) in [6.45, 7) is 4.65. The van der Waals surface area contributed by atoms with Crippen molar-refractivity contribution in [2.75, 3.05) is 20.3 Å². The second-order valence-electron chi connectivity index (χ2n) is 9.32. The van der Waals surface area contributed by atoms with Gasteiger partial charge in [-0.25, -0.2) is 8.78 Å². The molecule has 3 aromatic carbocycles. The lowest BCUT2D eigenvalue weighted by molar-refractivity contribution is -0.142. The number of methoxy groups -OCH3 is 1. The zero-order chi connectivity index (χ0) is 28.3. The lowest BCUT2D eigenvalue weighted by Crippen LogP contribution is -2.29. The van der Waals surface area contributed by atoms with Gasteiger partial charge in [-0.2, -0.15) is 13.2 Å². The van der Waals surface area contributed by atoms with Crippen molar-refractivity contribution < 1.29 is 41.3 Å². The molecule has 5 nitrogen and oxygen atoms in total. The van der Waals surface area contributed by atoms with Crippen LogP contribution in [0.5, 0.6) is 11.5 Å². The molecule has 10 heteroatoms. The van der Waals surface area contributed by atoms with Gasteiger partial charge in [0.15, 0.2) is 0 Å². The maximum atomic E-state index is 14.4. The Hall–Kier alpha value is -3.66. The highest BCUT2D eigenvalue weighted by Crippen LogP contribution is 2.37. The van der Waals surface area contributed by atoms with Crippen LogP contribution in [0.15, 0.2) is 54.6 Å². The molecule has 3 aromatic rings. The van der Waals surface area contributed by atoms with E-state index in [4.69, 9.17) is 9.47 Å². The maximum absolute atomic E-state index is 14.4. The summed E-state index contributed by atoms with van der Waals surface area (Å²) in [5, 5.41) is 12.6. The molecular formula is C28H28F5NO4. The second kappa shape index (κ2) is 11.4. The molecule has 3 rings (SSSR count). The number of carboxylic acids is 1. The fourth-order valence-electron chi connectivity index (χ4n) is 3.83. The predicted molar refractivity (Wildman–Crippen MR) is 132 cm³/mol. The Morgan fingerprint density at radius 2 is 1.68 bits per heavy atom. The maximum Gasteiger partial charge on any atom is 0.416 e. The summed E-state index contributed by atoms with van der Waals surface area (Å²) in [5.74, 6) is -2.23. The lowest BCUT2D eigenvalue weighted by atomic mass is 9.83. The molecule has 0 aliphatic heterocycles. The number of alkyl halides is 3. The number of carbonyl (C=O) groups is 1.